The minimum absolute atomic E-state index is 0.0514. The number of para-hydroxylation sites is 2. The molecule has 0 atom stereocenters. The van der Waals surface area contributed by atoms with Gasteiger partial charge in [-0.2, -0.15) is 4.98 Å². The molecule has 1 saturated heterocycles. The van der Waals surface area contributed by atoms with E-state index in [-0.39, 0.29) is 25.0 Å². The van der Waals surface area contributed by atoms with Gasteiger partial charge < -0.3 is 19.5 Å². The monoisotopic (exact) mass is 407 g/mol. The zero-order valence-electron chi connectivity index (χ0n) is 16.4. The van der Waals surface area contributed by atoms with Crippen LogP contribution < -0.4 is 15.0 Å². The SMILES string of the molecule is COc1ccccc1N1CCN(CC(=O)NCc2nc(-c3ccccc3)no2)C1=O. The molecule has 0 spiro atoms. The summed E-state index contributed by atoms with van der Waals surface area (Å²) in [4.78, 5) is 32.4. The van der Waals surface area contributed by atoms with E-state index in [1.165, 1.54) is 4.90 Å². The fourth-order valence-electron chi connectivity index (χ4n) is 3.24. The van der Waals surface area contributed by atoms with Crippen LogP contribution in [0.5, 0.6) is 5.75 Å². The van der Waals surface area contributed by atoms with Crippen molar-refractivity contribution in [1.29, 1.82) is 0 Å². The maximum atomic E-state index is 12.7. The van der Waals surface area contributed by atoms with Crippen LogP contribution in [-0.2, 0) is 11.3 Å². The maximum Gasteiger partial charge on any atom is 0.325 e. The van der Waals surface area contributed by atoms with Gasteiger partial charge in [-0.25, -0.2) is 4.79 Å². The molecule has 1 fully saturated rings. The normalized spacial score (nSPS) is 13.6. The Balaban J connectivity index is 1.32. The van der Waals surface area contributed by atoms with Crippen molar-refractivity contribution in [3.8, 4) is 17.1 Å². The van der Waals surface area contributed by atoms with E-state index in [0.717, 1.165) is 5.56 Å². The topological polar surface area (TPSA) is 101 Å². The zero-order valence-corrected chi connectivity index (χ0v) is 16.4. The number of aromatic nitrogens is 2. The van der Waals surface area contributed by atoms with Gasteiger partial charge in [0, 0.05) is 18.7 Å². The molecular weight excluding hydrogens is 386 g/mol. The highest BCUT2D eigenvalue weighted by Crippen LogP contribution is 2.30. The molecule has 9 nitrogen and oxygen atoms in total. The van der Waals surface area contributed by atoms with Gasteiger partial charge in [-0.1, -0.05) is 47.6 Å². The number of urea groups is 1. The highest BCUT2D eigenvalue weighted by molar-refractivity contribution is 5.97. The summed E-state index contributed by atoms with van der Waals surface area (Å²) in [6, 6.07) is 16.5. The molecule has 2 heterocycles. The molecule has 2 aromatic carbocycles. The van der Waals surface area contributed by atoms with E-state index in [2.05, 4.69) is 15.5 Å². The van der Waals surface area contributed by atoms with Gasteiger partial charge in [0.05, 0.1) is 19.3 Å². The lowest BCUT2D eigenvalue weighted by molar-refractivity contribution is -0.121. The summed E-state index contributed by atoms with van der Waals surface area (Å²) in [5.74, 6) is 1.07. The minimum Gasteiger partial charge on any atom is -0.495 e. The van der Waals surface area contributed by atoms with Crippen molar-refractivity contribution in [3.63, 3.8) is 0 Å². The first-order chi connectivity index (χ1) is 14.7. The van der Waals surface area contributed by atoms with Crippen molar-refractivity contribution in [2.45, 2.75) is 6.54 Å². The number of hydrogen-bond acceptors (Lipinski definition) is 6. The zero-order chi connectivity index (χ0) is 20.9. The second-order valence-electron chi connectivity index (χ2n) is 6.68. The lowest BCUT2D eigenvalue weighted by Gasteiger charge is -2.20. The number of anilines is 1. The average Bonchev–Trinajstić information content (AvgIpc) is 3.40. The highest BCUT2D eigenvalue weighted by atomic mass is 16.5. The van der Waals surface area contributed by atoms with Crippen LogP contribution in [0.25, 0.3) is 11.4 Å². The fraction of sp³-hybridized carbons (Fsp3) is 0.238. The minimum atomic E-state index is -0.301. The number of benzene rings is 2. The van der Waals surface area contributed by atoms with Crippen LogP contribution in [0.15, 0.2) is 59.1 Å². The highest BCUT2D eigenvalue weighted by Gasteiger charge is 2.32. The Kier molecular flexibility index (Phi) is 5.60. The Morgan fingerprint density at radius 2 is 1.90 bits per heavy atom. The van der Waals surface area contributed by atoms with E-state index < -0.39 is 0 Å². The van der Waals surface area contributed by atoms with Crippen molar-refractivity contribution >= 4 is 17.6 Å². The van der Waals surface area contributed by atoms with Crippen molar-refractivity contribution in [1.82, 2.24) is 20.4 Å². The lowest BCUT2D eigenvalue weighted by Crippen LogP contribution is -2.39. The first-order valence-corrected chi connectivity index (χ1v) is 9.50. The third kappa shape index (κ3) is 4.09. The van der Waals surface area contributed by atoms with Crippen LogP contribution in [0.1, 0.15) is 5.89 Å². The molecule has 3 aromatic rings. The predicted octanol–water partition coefficient (Wildman–Crippen LogP) is 2.30. The van der Waals surface area contributed by atoms with Gasteiger partial charge in [-0.3, -0.25) is 9.69 Å². The van der Waals surface area contributed by atoms with Crippen molar-refractivity contribution in [2.24, 2.45) is 0 Å². The summed E-state index contributed by atoms with van der Waals surface area (Å²) >= 11 is 0. The van der Waals surface area contributed by atoms with E-state index in [4.69, 9.17) is 9.26 Å². The van der Waals surface area contributed by atoms with Crippen molar-refractivity contribution in [2.75, 3.05) is 31.6 Å². The molecule has 0 bridgehead atoms. The smallest absolute Gasteiger partial charge is 0.325 e. The van der Waals surface area contributed by atoms with Gasteiger partial charge >= 0.3 is 6.03 Å². The molecule has 1 aliphatic rings. The molecule has 0 unspecified atom stereocenters. The molecule has 4 rings (SSSR count). The van der Waals surface area contributed by atoms with E-state index in [1.807, 2.05) is 48.5 Å². The van der Waals surface area contributed by atoms with E-state index in [0.29, 0.717) is 36.2 Å². The Morgan fingerprint density at radius 3 is 2.70 bits per heavy atom. The summed E-state index contributed by atoms with van der Waals surface area (Å²) in [5, 5.41) is 6.64. The Hall–Kier alpha value is -3.88. The molecule has 30 heavy (non-hydrogen) atoms. The number of carbonyl (C=O) groups is 2. The summed E-state index contributed by atoms with van der Waals surface area (Å²) < 4.78 is 10.5. The number of hydrogen-bond donors (Lipinski definition) is 1. The molecular formula is C21H21N5O4. The average molecular weight is 407 g/mol. The number of methoxy groups -OCH3 is 1. The van der Waals surface area contributed by atoms with E-state index in [1.54, 1.807) is 18.1 Å². The molecule has 3 amide bonds. The number of nitrogens with zero attached hydrogens (tertiary/aromatic N) is 4. The van der Waals surface area contributed by atoms with Crippen LogP contribution in [0.4, 0.5) is 10.5 Å². The molecule has 0 aliphatic carbocycles. The Labute approximate surface area is 173 Å². The van der Waals surface area contributed by atoms with E-state index >= 15 is 0 Å². The second-order valence-corrected chi connectivity index (χ2v) is 6.68. The number of ether oxygens (including phenoxy) is 1. The number of carbonyl (C=O) groups excluding carboxylic acids is 2. The maximum absolute atomic E-state index is 12.7. The quantitative estimate of drug-likeness (QED) is 0.645. The molecule has 1 aliphatic heterocycles. The van der Waals surface area contributed by atoms with Crippen LogP contribution >= 0.6 is 0 Å². The van der Waals surface area contributed by atoms with E-state index in [9.17, 15) is 9.59 Å². The molecule has 0 radical (unpaired) electrons. The fourth-order valence-corrected chi connectivity index (χ4v) is 3.24. The summed E-state index contributed by atoms with van der Waals surface area (Å²) in [6.45, 7) is 0.973. The molecule has 1 N–H and O–H groups in total. The Morgan fingerprint density at radius 1 is 1.13 bits per heavy atom. The molecule has 1 aromatic heterocycles. The molecule has 154 valence electrons. The standard InChI is InChI=1S/C21H21N5O4/c1-29-17-10-6-5-9-16(17)26-12-11-25(21(26)28)14-18(27)22-13-19-23-20(24-30-19)15-7-3-2-4-8-15/h2-10H,11-14H2,1H3,(H,22,27). The van der Waals surface area contributed by atoms with Crippen molar-refractivity contribution < 1.29 is 18.8 Å². The van der Waals surface area contributed by atoms with Crippen LogP contribution in [0.3, 0.4) is 0 Å². The molecule has 0 saturated carbocycles. The Bertz CT molecular complexity index is 1040. The lowest BCUT2D eigenvalue weighted by atomic mass is 10.2. The van der Waals surface area contributed by atoms with Gasteiger partial charge in [-0.15, -0.1) is 0 Å². The third-order valence-electron chi connectivity index (χ3n) is 4.74. The predicted molar refractivity (Wildman–Crippen MR) is 109 cm³/mol. The summed E-state index contributed by atoms with van der Waals surface area (Å²) in [7, 11) is 1.56. The van der Waals surface area contributed by atoms with Crippen molar-refractivity contribution in [3.05, 3.63) is 60.5 Å². The number of amides is 3. The third-order valence-corrected chi connectivity index (χ3v) is 4.74. The van der Waals surface area contributed by atoms with Gasteiger partial charge in [-0.05, 0) is 12.1 Å². The van der Waals surface area contributed by atoms with Gasteiger partial charge in [0.25, 0.3) is 0 Å². The largest absolute Gasteiger partial charge is 0.495 e. The first kappa shape index (κ1) is 19.4. The number of rotatable bonds is 7. The first-order valence-electron chi connectivity index (χ1n) is 9.50. The van der Waals surface area contributed by atoms with Crippen LogP contribution in [0, 0.1) is 0 Å². The van der Waals surface area contributed by atoms with Gasteiger partial charge in [0.1, 0.15) is 12.3 Å². The number of nitrogens with one attached hydrogen (secondary N) is 1. The van der Waals surface area contributed by atoms with Gasteiger partial charge in [0.15, 0.2) is 0 Å². The van der Waals surface area contributed by atoms with Crippen LogP contribution in [-0.4, -0.2) is 53.7 Å². The molecule has 9 heteroatoms. The van der Waals surface area contributed by atoms with Gasteiger partial charge in [0.2, 0.25) is 17.6 Å². The summed E-state index contributed by atoms with van der Waals surface area (Å²) in [5.41, 5.74) is 1.52. The second kappa shape index (κ2) is 8.64. The van der Waals surface area contributed by atoms with Crippen LogP contribution in [0.2, 0.25) is 0 Å². The summed E-state index contributed by atoms with van der Waals surface area (Å²) in [6.07, 6.45) is 0.